The van der Waals surface area contributed by atoms with Crippen molar-refractivity contribution in [2.75, 3.05) is 54.9 Å². The molecule has 2 saturated carbocycles. The highest BCUT2D eigenvalue weighted by Gasteiger charge is 2.29. The van der Waals surface area contributed by atoms with Crippen LogP contribution in [0, 0.1) is 11.8 Å². The number of morpholine rings is 1. The first-order valence-electron chi connectivity index (χ1n) is 22.1. The van der Waals surface area contributed by atoms with Gasteiger partial charge in [-0.2, -0.15) is 0 Å². The van der Waals surface area contributed by atoms with Gasteiger partial charge in [-0.05, 0) is 86.1 Å². The summed E-state index contributed by atoms with van der Waals surface area (Å²) in [4.78, 5) is 16.7. The number of hydrogen-bond acceptors (Lipinski definition) is 8. The smallest absolute Gasteiger partial charge is 0.265 e. The number of imidazole rings is 2. The van der Waals surface area contributed by atoms with Gasteiger partial charge in [0.1, 0.15) is 22.4 Å². The quantitative estimate of drug-likeness (QED) is 0.157. The Balaban J connectivity index is 0.000000204. The van der Waals surface area contributed by atoms with Crippen molar-refractivity contribution in [3.63, 3.8) is 0 Å². The van der Waals surface area contributed by atoms with Crippen LogP contribution in [0.15, 0.2) is 59.6 Å². The summed E-state index contributed by atoms with van der Waals surface area (Å²) in [6.07, 6.45) is 14.9. The van der Waals surface area contributed by atoms with Gasteiger partial charge in [0.2, 0.25) is 0 Å². The Kier molecular flexibility index (Phi) is 13.0. The summed E-state index contributed by atoms with van der Waals surface area (Å²) in [6.45, 7) is 18.3. The van der Waals surface area contributed by atoms with Crippen molar-refractivity contribution < 1.29 is 13.2 Å². The zero-order valence-corrected chi connectivity index (χ0v) is 37.7. The molecule has 4 heterocycles. The molecule has 12 heteroatoms. The maximum atomic E-state index is 13.5. The number of rotatable bonds is 9. The zero-order chi connectivity index (χ0) is 42.0. The average Bonchev–Trinajstić information content (AvgIpc) is 3.80. The van der Waals surface area contributed by atoms with E-state index in [0.29, 0.717) is 24.8 Å². The zero-order valence-electron chi connectivity index (χ0n) is 36.9. The summed E-state index contributed by atoms with van der Waals surface area (Å²) in [6, 6.07) is 15.8. The van der Waals surface area contributed by atoms with Crippen LogP contribution in [0.3, 0.4) is 0 Å². The highest BCUT2D eigenvalue weighted by molar-refractivity contribution is 7.92. The van der Waals surface area contributed by atoms with Gasteiger partial charge in [-0.15, -0.1) is 0 Å². The molecule has 59 heavy (non-hydrogen) atoms. The van der Waals surface area contributed by atoms with Crippen LogP contribution in [0.5, 0.6) is 0 Å². The van der Waals surface area contributed by atoms with Crippen molar-refractivity contribution in [3.05, 3.63) is 66.4 Å². The first-order chi connectivity index (χ1) is 28.1. The molecule has 11 nitrogen and oxygen atoms in total. The number of fused-ring (bicyclic) bond motifs is 2. The second-order valence-electron chi connectivity index (χ2n) is 19.2. The summed E-state index contributed by atoms with van der Waals surface area (Å²) < 4.78 is 38.5. The van der Waals surface area contributed by atoms with Crippen molar-refractivity contribution in [1.29, 1.82) is 0 Å². The van der Waals surface area contributed by atoms with E-state index in [9.17, 15) is 8.42 Å². The molecule has 1 saturated heterocycles. The molecule has 2 aromatic carbocycles. The van der Waals surface area contributed by atoms with Crippen LogP contribution < -0.4 is 14.5 Å². The number of pyridine rings is 1. The third kappa shape index (κ3) is 9.75. The maximum Gasteiger partial charge on any atom is 0.265 e. The predicted octanol–water partition coefficient (Wildman–Crippen LogP) is 9.93. The molecule has 0 amide bonds. The third-order valence-corrected chi connectivity index (χ3v) is 14.3. The number of aromatic nitrogens is 5. The van der Waals surface area contributed by atoms with Gasteiger partial charge in [0.15, 0.2) is 0 Å². The molecule has 0 spiro atoms. The monoisotopic (exact) mass is 825 g/mol. The average molecular weight is 825 g/mol. The number of hydrogen-bond donors (Lipinski definition) is 1. The fraction of sp³-hybridized carbons (Fsp3) is 0.596. The minimum absolute atomic E-state index is 0.0769. The van der Waals surface area contributed by atoms with Gasteiger partial charge in [-0.1, -0.05) is 80.1 Å². The van der Waals surface area contributed by atoms with Crippen LogP contribution >= 0.6 is 0 Å². The van der Waals surface area contributed by atoms with Gasteiger partial charge in [-0.25, -0.2) is 23.4 Å². The summed E-state index contributed by atoms with van der Waals surface area (Å²) in [7, 11) is -0.213. The second-order valence-corrected chi connectivity index (χ2v) is 21.1. The molecule has 3 aromatic heterocycles. The van der Waals surface area contributed by atoms with Gasteiger partial charge in [0, 0.05) is 63.0 Å². The number of benzene rings is 2. The van der Waals surface area contributed by atoms with Crippen LogP contribution in [-0.4, -0.2) is 72.9 Å². The van der Waals surface area contributed by atoms with E-state index in [1.807, 2.05) is 25.2 Å². The molecular weight excluding hydrogens is 757 g/mol. The SMILES string of the molecule is CN(c1ccc2c(c1)nc(C(C)(C)C)n2CC1CCCCC1)S(=O)(=O)c1ccc(N2CCOCC2)nc1.CNc1ccc2c(c1)nc(C(C)(C)C)n2CC1CCCCC1. The fourth-order valence-electron chi connectivity index (χ4n) is 9.17. The van der Waals surface area contributed by atoms with E-state index in [-0.39, 0.29) is 15.7 Å². The van der Waals surface area contributed by atoms with Gasteiger partial charge in [0.25, 0.3) is 10.0 Å². The molecule has 2 aliphatic carbocycles. The predicted molar refractivity (Wildman–Crippen MR) is 242 cm³/mol. The van der Waals surface area contributed by atoms with Crippen molar-refractivity contribution in [2.45, 2.75) is 135 Å². The van der Waals surface area contributed by atoms with E-state index in [2.05, 4.69) is 84.1 Å². The summed E-state index contributed by atoms with van der Waals surface area (Å²) >= 11 is 0. The van der Waals surface area contributed by atoms with Crippen LogP contribution in [0.4, 0.5) is 17.2 Å². The van der Waals surface area contributed by atoms with Gasteiger partial charge >= 0.3 is 0 Å². The van der Waals surface area contributed by atoms with Crippen molar-refractivity contribution in [1.82, 2.24) is 24.1 Å². The number of nitrogens with zero attached hydrogens (tertiary/aromatic N) is 7. The molecule has 0 radical (unpaired) electrons. The highest BCUT2D eigenvalue weighted by Crippen LogP contribution is 2.35. The highest BCUT2D eigenvalue weighted by atomic mass is 32.2. The minimum Gasteiger partial charge on any atom is -0.388 e. The molecule has 0 bridgehead atoms. The second kappa shape index (κ2) is 17.8. The lowest BCUT2D eigenvalue weighted by atomic mass is 9.88. The van der Waals surface area contributed by atoms with E-state index >= 15 is 0 Å². The Morgan fingerprint density at radius 2 is 1.25 bits per heavy atom. The first-order valence-corrected chi connectivity index (χ1v) is 23.5. The van der Waals surface area contributed by atoms with Gasteiger partial charge in [-0.3, -0.25) is 4.31 Å². The van der Waals surface area contributed by atoms with E-state index in [1.165, 1.54) is 86.1 Å². The number of sulfonamides is 1. The van der Waals surface area contributed by atoms with Crippen LogP contribution in [0.2, 0.25) is 0 Å². The van der Waals surface area contributed by atoms with Crippen molar-refractivity contribution in [2.24, 2.45) is 11.8 Å². The van der Waals surface area contributed by atoms with E-state index in [1.54, 1.807) is 19.2 Å². The summed E-state index contributed by atoms with van der Waals surface area (Å²) in [5.41, 5.74) is 6.00. The molecule has 5 aromatic rings. The third-order valence-electron chi connectivity index (χ3n) is 12.5. The Morgan fingerprint density at radius 1 is 0.729 bits per heavy atom. The molecule has 320 valence electrons. The molecule has 8 rings (SSSR count). The van der Waals surface area contributed by atoms with Crippen LogP contribution in [0.1, 0.15) is 117 Å². The van der Waals surface area contributed by atoms with Crippen molar-refractivity contribution >= 4 is 49.3 Å². The molecule has 1 N–H and O–H groups in total. The van der Waals surface area contributed by atoms with E-state index < -0.39 is 10.0 Å². The normalized spacial score (nSPS) is 17.6. The molecule has 1 aliphatic heterocycles. The van der Waals surface area contributed by atoms with Gasteiger partial charge in [0.05, 0.1) is 41.0 Å². The molecular formula is C47H68N8O3S. The topological polar surface area (TPSA) is 110 Å². The largest absolute Gasteiger partial charge is 0.388 e. The molecule has 3 fully saturated rings. The maximum absolute atomic E-state index is 13.5. The molecule has 3 aliphatic rings. The fourth-order valence-corrected chi connectivity index (χ4v) is 10.3. The Bertz CT molecular complexity index is 2280. The Hall–Kier alpha value is -4.16. The van der Waals surface area contributed by atoms with E-state index in [0.717, 1.165) is 66.0 Å². The standard InChI is InChI=1S/C28H39N5O3S.C19H29N3/c1-28(2,3)27-30-24-18-22(10-12-25(24)33(27)20-21-8-6-5-7-9-21)31(4)37(34,35)23-11-13-26(29-19-23)32-14-16-36-17-15-32;1-19(2,3)18-21-16-12-15(20-4)10-11-17(16)22(18)13-14-8-6-5-7-9-14/h10-13,18-19,21H,5-9,14-17,20H2,1-4H3;10-12,14,20H,5-9,13H2,1-4H3. The van der Waals surface area contributed by atoms with Crippen LogP contribution in [-0.2, 0) is 38.7 Å². The summed E-state index contributed by atoms with van der Waals surface area (Å²) in [5, 5.41) is 3.22. The van der Waals surface area contributed by atoms with Gasteiger partial charge < -0.3 is 24.1 Å². The number of ether oxygens (including phenoxy) is 1. The Morgan fingerprint density at radius 3 is 1.75 bits per heavy atom. The van der Waals surface area contributed by atoms with Crippen LogP contribution in [0.25, 0.3) is 22.1 Å². The lowest BCUT2D eigenvalue weighted by Gasteiger charge is -2.28. The molecule has 0 unspecified atom stereocenters. The van der Waals surface area contributed by atoms with Crippen molar-refractivity contribution in [3.8, 4) is 0 Å². The first kappa shape index (κ1) is 42.9. The van der Waals surface area contributed by atoms with E-state index in [4.69, 9.17) is 14.7 Å². The molecule has 0 atom stereocenters. The Labute approximate surface area is 353 Å². The number of nitrogens with one attached hydrogen (secondary N) is 1. The minimum atomic E-state index is -3.77. The lowest BCUT2D eigenvalue weighted by Crippen LogP contribution is -2.36. The lowest BCUT2D eigenvalue weighted by molar-refractivity contribution is 0.122. The summed E-state index contributed by atoms with van der Waals surface area (Å²) in [5.74, 6) is 4.53. The number of anilines is 3.